The van der Waals surface area contributed by atoms with Gasteiger partial charge in [-0.15, -0.1) is 0 Å². The average Bonchev–Trinajstić information content (AvgIpc) is 3.32. The standard InChI is InChI=1S/C26H22ClN3O3/c1-16-18(12-13-33-16)14-24(31)28-20-8-6-17(7-9-20)26(32)25-22-10-11-23(27)30(22)15-19-4-2-3-5-21(19)29-25/h2-13,25,29H,14-15H2,1H3,(H,28,31). The molecule has 1 aliphatic heterocycles. The van der Waals surface area contributed by atoms with Crippen molar-refractivity contribution in [2.75, 3.05) is 10.6 Å². The summed E-state index contributed by atoms with van der Waals surface area (Å²) < 4.78 is 7.19. The monoisotopic (exact) mass is 459 g/mol. The normalized spacial score (nSPS) is 14.5. The number of aryl methyl sites for hydroxylation is 1. The summed E-state index contributed by atoms with van der Waals surface area (Å²) in [5, 5.41) is 6.85. The van der Waals surface area contributed by atoms with Crippen LogP contribution in [0.3, 0.4) is 0 Å². The van der Waals surface area contributed by atoms with E-state index < -0.39 is 6.04 Å². The lowest BCUT2D eigenvalue weighted by Gasteiger charge is -2.18. The third-order valence-corrected chi connectivity index (χ3v) is 6.27. The molecule has 4 aromatic rings. The molecule has 1 amide bonds. The molecule has 7 heteroatoms. The Labute approximate surface area is 196 Å². The van der Waals surface area contributed by atoms with Crippen LogP contribution in [0.15, 0.2) is 77.4 Å². The molecule has 0 saturated heterocycles. The first-order valence-corrected chi connectivity index (χ1v) is 11.0. The molecule has 1 unspecified atom stereocenters. The molecule has 1 atom stereocenters. The molecule has 0 aliphatic carbocycles. The fraction of sp³-hybridized carbons (Fsp3) is 0.154. The van der Waals surface area contributed by atoms with Crippen molar-refractivity contribution >= 4 is 34.7 Å². The predicted octanol–water partition coefficient (Wildman–Crippen LogP) is 5.62. The maximum Gasteiger partial charge on any atom is 0.228 e. The number of furan rings is 1. The Hall–Kier alpha value is -3.77. The Bertz CT molecular complexity index is 1340. The summed E-state index contributed by atoms with van der Waals surface area (Å²) >= 11 is 6.42. The van der Waals surface area contributed by atoms with E-state index in [1.54, 1.807) is 36.6 Å². The Kier molecular flexibility index (Phi) is 5.52. The average molecular weight is 460 g/mol. The van der Waals surface area contributed by atoms with Gasteiger partial charge in [0.15, 0.2) is 5.78 Å². The van der Waals surface area contributed by atoms with Gasteiger partial charge in [-0.2, -0.15) is 0 Å². The summed E-state index contributed by atoms with van der Waals surface area (Å²) in [4.78, 5) is 25.8. The van der Waals surface area contributed by atoms with Gasteiger partial charge < -0.3 is 19.6 Å². The Morgan fingerprint density at radius 3 is 2.64 bits per heavy atom. The number of rotatable bonds is 5. The van der Waals surface area contributed by atoms with Crippen LogP contribution >= 0.6 is 11.6 Å². The highest BCUT2D eigenvalue weighted by Gasteiger charge is 2.29. The van der Waals surface area contributed by atoms with Gasteiger partial charge in [0.2, 0.25) is 5.91 Å². The molecule has 0 spiro atoms. The molecule has 1 aliphatic rings. The summed E-state index contributed by atoms with van der Waals surface area (Å²) in [5.41, 5.74) is 4.81. The molecule has 6 nitrogen and oxygen atoms in total. The number of benzene rings is 2. The summed E-state index contributed by atoms with van der Waals surface area (Å²) in [5.74, 6) is 0.510. The van der Waals surface area contributed by atoms with Crippen LogP contribution in [0.1, 0.15) is 39.0 Å². The van der Waals surface area contributed by atoms with E-state index in [0.29, 0.717) is 22.9 Å². The topological polar surface area (TPSA) is 76.3 Å². The third-order valence-electron chi connectivity index (χ3n) is 5.94. The van der Waals surface area contributed by atoms with Crippen LogP contribution < -0.4 is 10.6 Å². The van der Waals surface area contributed by atoms with Crippen LogP contribution in [0.5, 0.6) is 0 Å². The van der Waals surface area contributed by atoms with Gasteiger partial charge >= 0.3 is 0 Å². The summed E-state index contributed by atoms with van der Waals surface area (Å²) in [6, 6.07) is 19.8. The van der Waals surface area contributed by atoms with Crippen LogP contribution in [0, 0.1) is 6.92 Å². The predicted molar refractivity (Wildman–Crippen MR) is 128 cm³/mol. The second-order valence-electron chi connectivity index (χ2n) is 8.07. The minimum Gasteiger partial charge on any atom is -0.469 e. The number of Topliss-reactive ketones (excluding diaryl/α,β-unsaturated/α-hetero) is 1. The SMILES string of the molecule is Cc1occc1CC(=O)Nc1ccc(C(=O)C2Nc3ccccc3Cn3c(Cl)ccc32)cc1. The van der Waals surface area contributed by atoms with Crippen molar-refractivity contribution in [2.24, 2.45) is 0 Å². The van der Waals surface area contributed by atoms with E-state index in [2.05, 4.69) is 10.6 Å². The van der Waals surface area contributed by atoms with Crippen LogP contribution in [-0.4, -0.2) is 16.3 Å². The molecule has 2 aromatic carbocycles. The largest absolute Gasteiger partial charge is 0.469 e. The van der Waals surface area contributed by atoms with Crippen molar-refractivity contribution in [1.82, 2.24) is 4.57 Å². The zero-order chi connectivity index (χ0) is 22.9. The Morgan fingerprint density at radius 1 is 1.09 bits per heavy atom. The zero-order valence-corrected chi connectivity index (χ0v) is 18.7. The fourth-order valence-corrected chi connectivity index (χ4v) is 4.35. The number of hydrogen-bond donors (Lipinski definition) is 2. The minimum absolute atomic E-state index is 0.0744. The van der Waals surface area contributed by atoms with Crippen molar-refractivity contribution in [1.29, 1.82) is 0 Å². The first kappa shape index (κ1) is 21.1. The molecular formula is C26H22ClN3O3. The number of para-hydroxylation sites is 1. The van der Waals surface area contributed by atoms with Crippen LogP contribution in [0.4, 0.5) is 11.4 Å². The van der Waals surface area contributed by atoms with Gasteiger partial charge in [0.1, 0.15) is 17.0 Å². The molecule has 166 valence electrons. The van der Waals surface area contributed by atoms with E-state index >= 15 is 0 Å². The van der Waals surface area contributed by atoms with Crippen molar-refractivity contribution in [3.63, 3.8) is 0 Å². The van der Waals surface area contributed by atoms with Gasteiger partial charge in [0.05, 0.1) is 19.2 Å². The number of amides is 1. The zero-order valence-electron chi connectivity index (χ0n) is 18.0. The quantitative estimate of drug-likeness (QED) is 0.380. The molecular weight excluding hydrogens is 438 g/mol. The number of hydrogen-bond acceptors (Lipinski definition) is 4. The number of anilines is 2. The lowest BCUT2D eigenvalue weighted by molar-refractivity contribution is -0.115. The fourth-order valence-electron chi connectivity index (χ4n) is 4.13. The maximum absolute atomic E-state index is 13.5. The number of nitrogens with one attached hydrogen (secondary N) is 2. The summed E-state index contributed by atoms with van der Waals surface area (Å²) in [7, 11) is 0. The van der Waals surface area contributed by atoms with Gasteiger partial charge in [0.25, 0.3) is 0 Å². The van der Waals surface area contributed by atoms with E-state index in [1.807, 2.05) is 47.9 Å². The molecule has 2 N–H and O–H groups in total. The van der Waals surface area contributed by atoms with Crippen molar-refractivity contribution in [3.8, 4) is 0 Å². The number of ketones is 1. The number of carbonyl (C=O) groups is 2. The highest BCUT2D eigenvalue weighted by Crippen LogP contribution is 2.33. The van der Waals surface area contributed by atoms with Crippen LogP contribution in [-0.2, 0) is 17.8 Å². The molecule has 0 fully saturated rings. The molecule has 5 rings (SSSR count). The highest BCUT2D eigenvalue weighted by atomic mass is 35.5. The second-order valence-corrected chi connectivity index (χ2v) is 8.46. The number of fused-ring (bicyclic) bond motifs is 2. The molecule has 0 radical (unpaired) electrons. The van der Waals surface area contributed by atoms with Gasteiger partial charge in [-0.1, -0.05) is 29.8 Å². The summed E-state index contributed by atoms with van der Waals surface area (Å²) in [6.07, 6.45) is 1.80. The first-order chi connectivity index (χ1) is 16.0. The van der Waals surface area contributed by atoms with Crippen molar-refractivity contribution in [2.45, 2.75) is 25.9 Å². The lowest BCUT2D eigenvalue weighted by Crippen LogP contribution is -2.22. The first-order valence-electron chi connectivity index (χ1n) is 10.7. The van der Waals surface area contributed by atoms with E-state index in [9.17, 15) is 9.59 Å². The summed E-state index contributed by atoms with van der Waals surface area (Å²) in [6.45, 7) is 2.42. The molecule has 0 bridgehead atoms. The van der Waals surface area contributed by atoms with Gasteiger partial charge in [0, 0.05) is 28.2 Å². The van der Waals surface area contributed by atoms with E-state index in [0.717, 1.165) is 28.3 Å². The smallest absolute Gasteiger partial charge is 0.228 e. The molecule has 33 heavy (non-hydrogen) atoms. The van der Waals surface area contributed by atoms with Gasteiger partial charge in [-0.05, 0) is 61.0 Å². The number of halogens is 1. The third kappa shape index (κ3) is 4.17. The molecule has 3 heterocycles. The Morgan fingerprint density at radius 2 is 1.88 bits per heavy atom. The van der Waals surface area contributed by atoms with Gasteiger partial charge in [-0.25, -0.2) is 0 Å². The minimum atomic E-state index is -0.578. The maximum atomic E-state index is 13.5. The van der Waals surface area contributed by atoms with Crippen molar-refractivity contribution < 1.29 is 14.0 Å². The highest BCUT2D eigenvalue weighted by molar-refractivity contribution is 6.29. The molecule has 2 aromatic heterocycles. The van der Waals surface area contributed by atoms with Gasteiger partial charge in [-0.3, -0.25) is 9.59 Å². The Balaban J connectivity index is 1.36. The number of aromatic nitrogens is 1. The second kappa shape index (κ2) is 8.64. The molecule has 0 saturated carbocycles. The van der Waals surface area contributed by atoms with Crippen molar-refractivity contribution in [3.05, 3.63) is 106 Å². The van der Waals surface area contributed by atoms with Crippen LogP contribution in [0.25, 0.3) is 0 Å². The van der Waals surface area contributed by atoms with E-state index in [1.165, 1.54) is 0 Å². The van der Waals surface area contributed by atoms with E-state index in [-0.39, 0.29) is 18.1 Å². The lowest BCUT2D eigenvalue weighted by atomic mass is 10.0. The number of nitrogens with zero attached hydrogens (tertiary/aromatic N) is 1. The number of carbonyl (C=O) groups excluding carboxylic acids is 2. The van der Waals surface area contributed by atoms with E-state index in [4.69, 9.17) is 16.0 Å². The van der Waals surface area contributed by atoms with Crippen LogP contribution in [0.2, 0.25) is 5.15 Å².